The van der Waals surface area contributed by atoms with E-state index in [0.717, 1.165) is 36.9 Å². The fourth-order valence-electron chi connectivity index (χ4n) is 2.39. The van der Waals surface area contributed by atoms with Crippen molar-refractivity contribution in [3.05, 3.63) is 32.8 Å². The SMILES string of the molecule is CC1(CNc2cc(Br)ccc2[N+](=O)[O-])CCCNC1. The minimum Gasteiger partial charge on any atom is -0.379 e. The highest BCUT2D eigenvalue weighted by atomic mass is 79.9. The molecule has 1 heterocycles. The van der Waals surface area contributed by atoms with Crippen LogP contribution in [0.2, 0.25) is 0 Å². The quantitative estimate of drug-likeness (QED) is 0.658. The topological polar surface area (TPSA) is 67.2 Å². The molecule has 5 nitrogen and oxygen atoms in total. The van der Waals surface area contributed by atoms with E-state index in [1.54, 1.807) is 12.1 Å². The zero-order valence-corrected chi connectivity index (χ0v) is 12.5. The number of nitro benzene ring substituents is 1. The molecule has 0 aliphatic carbocycles. The number of nitrogens with one attached hydrogen (secondary N) is 2. The molecule has 0 aromatic heterocycles. The van der Waals surface area contributed by atoms with Gasteiger partial charge in [-0.3, -0.25) is 10.1 Å². The van der Waals surface area contributed by atoms with Crippen molar-refractivity contribution in [3.63, 3.8) is 0 Å². The van der Waals surface area contributed by atoms with Crippen LogP contribution in [0.5, 0.6) is 0 Å². The summed E-state index contributed by atoms with van der Waals surface area (Å²) in [5.41, 5.74) is 0.843. The first-order valence-corrected chi connectivity index (χ1v) is 7.18. The maximum Gasteiger partial charge on any atom is 0.292 e. The Morgan fingerprint density at radius 1 is 1.58 bits per heavy atom. The lowest BCUT2D eigenvalue weighted by Crippen LogP contribution is -2.42. The molecule has 1 unspecified atom stereocenters. The summed E-state index contributed by atoms with van der Waals surface area (Å²) in [6.07, 6.45) is 2.29. The number of halogens is 1. The van der Waals surface area contributed by atoms with Gasteiger partial charge in [0.25, 0.3) is 5.69 Å². The second kappa shape index (κ2) is 5.88. The van der Waals surface area contributed by atoms with Crippen LogP contribution in [0.25, 0.3) is 0 Å². The molecule has 1 aliphatic rings. The zero-order chi connectivity index (χ0) is 13.9. The third-order valence-electron chi connectivity index (χ3n) is 3.55. The number of nitro groups is 1. The third-order valence-corrected chi connectivity index (χ3v) is 4.04. The predicted molar refractivity (Wildman–Crippen MR) is 79.5 cm³/mol. The zero-order valence-electron chi connectivity index (χ0n) is 10.9. The number of hydrogen-bond donors (Lipinski definition) is 2. The van der Waals surface area contributed by atoms with Crippen LogP contribution in [0.1, 0.15) is 19.8 Å². The van der Waals surface area contributed by atoms with Crippen LogP contribution in [0.3, 0.4) is 0 Å². The first kappa shape index (κ1) is 14.3. The van der Waals surface area contributed by atoms with E-state index < -0.39 is 0 Å². The van der Waals surface area contributed by atoms with Gasteiger partial charge in [-0.1, -0.05) is 22.9 Å². The van der Waals surface area contributed by atoms with E-state index in [9.17, 15) is 10.1 Å². The van der Waals surface area contributed by atoms with Crippen molar-refractivity contribution >= 4 is 27.3 Å². The number of hydrogen-bond acceptors (Lipinski definition) is 4. The summed E-state index contributed by atoms with van der Waals surface area (Å²) < 4.78 is 0.840. The second-order valence-electron chi connectivity index (χ2n) is 5.36. The van der Waals surface area contributed by atoms with E-state index in [1.165, 1.54) is 6.07 Å². The first-order valence-electron chi connectivity index (χ1n) is 6.39. The Balaban J connectivity index is 2.10. The Bertz CT molecular complexity index is 473. The standard InChI is InChI=1S/C13H18BrN3O2/c1-13(5-2-6-15-8-13)9-16-11-7-10(14)3-4-12(11)17(18)19/h3-4,7,15-16H,2,5-6,8-9H2,1H3. The summed E-state index contributed by atoms with van der Waals surface area (Å²) in [5.74, 6) is 0. The maximum absolute atomic E-state index is 11.0. The molecule has 6 heteroatoms. The predicted octanol–water partition coefficient (Wildman–Crippen LogP) is 3.16. The van der Waals surface area contributed by atoms with Gasteiger partial charge in [0.2, 0.25) is 0 Å². The summed E-state index contributed by atoms with van der Waals surface area (Å²) in [6, 6.07) is 4.97. The second-order valence-corrected chi connectivity index (χ2v) is 6.28. The van der Waals surface area contributed by atoms with E-state index in [1.807, 2.05) is 0 Å². The molecule has 1 atom stereocenters. The smallest absolute Gasteiger partial charge is 0.292 e. The van der Waals surface area contributed by atoms with Gasteiger partial charge in [-0.2, -0.15) is 0 Å². The van der Waals surface area contributed by atoms with Crippen molar-refractivity contribution < 1.29 is 4.92 Å². The van der Waals surface area contributed by atoms with Crippen molar-refractivity contribution in [1.29, 1.82) is 0 Å². The number of piperidine rings is 1. The van der Waals surface area contributed by atoms with Gasteiger partial charge in [0.05, 0.1) is 4.92 Å². The normalized spacial score (nSPS) is 23.1. The van der Waals surface area contributed by atoms with Gasteiger partial charge >= 0.3 is 0 Å². The van der Waals surface area contributed by atoms with Gasteiger partial charge in [0.1, 0.15) is 5.69 Å². The summed E-state index contributed by atoms with van der Waals surface area (Å²) in [4.78, 5) is 10.7. The lowest BCUT2D eigenvalue weighted by Gasteiger charge is -2.34. The van der Waals surface area contributed by atoms with Crippen LogP contribution in [0.4, 0.5) is 11.4 Å². The van der Waals surface area contributed by atoms with E-state index in [0.29, 0.717) is 5.69 Å². The molecule has 1 aromatic carbocycles. The average Bonchev–Trinajstić information content (AvgIpc) is 2.37. The van der Waals surface area contributed by atoms with Crippen LogP contribution >= 0.6 is 15.9 Å². The van der Waals surface area contributed by atoms with Crippen LogP contribution in [0, 0.1) is 15.5 Å². The van der Waals surface area contributed by atoms with Crippen molar-refractivity contribution in [2.24, 2.45) is 5.41 Å². The third kappa shape index (κ3) is 3.67. The van der Waals surface area contributed by atoms with E-state index in [4.69, 9.17) is 0 Å². The summed E-state index contributed by atoms with van der Waals surface area (Å²) in [7, 11) is 0. The first-order chi connectivity index (χ1) is 9.00. The largest absolute Gasteiger partial charge is 0.379 e. The number of rotatable bonds is 4. The molecule has 1 saturated heterocycles. The Morgan fingerprint density at radius 3 is 3.00 bits per heavy atom. The molecule has 1 aliphatic heterocycles. The van der Waals surface area contributed by atoms with Crippen molar-refractivity contribution in [1.82, 2.24) is 5.32 Å². The molecule has 19 heavy (non-hydrogen) atoms. The molecule has 0 radical (unpaired) electrons. The summed E-state index contributed by atoms with van der Waals surface area (Å²) >= 11 is 3.35. The number of benzene rings is 1. The highest BCUT2D eigenvalue weighted by Crippen LogP contribution is 2.31. The number of nitrogens with zero attached hydrogens (tertiary/aromatic N) is 1. The van der Waals surface area contributed by atoms with Gasteiger partial charge in [0.15, 0.2) is 0 Å². The van der Waals surface area contributed by atoms with Crippen LogP contribution in [0.15, 0.2) is 22.7 Å². The Labute approximate surface area is 121 Å². The summed E-state index contributed by atoms with van der Waals surface area (Å²) in [5, 5.41) is 17.6. The Kier molecular flexibility index (Phi) is 4.42. The minimum absolute atomic E-state index is 0.121. The lowest BCUT2D eigenvalue weighted by atomic mass is 9.83. The van der Waals surface area contributed by atoms with E-state index in [-0.39, 0.29) is 16.0 Å². The molecule has 1 aromatic rings. The molecule has 104 valence electrons. The van der Waals surface area contributed by atoms with Gasteiger partial charge in [-0.25, -0.2) is 0 Å². The van der Waals surface area contributed by atoms with Gasteiger partial charge in [-0.15, -0.1) is 0 Å². The van der Waals surface area contributed by atoms with Gasteiger partial charge < -0.3 is 10.6 Å². The average molecular weight is 328 g/mol. The highest BCUT2D eigenvalue weighted by Gasteiger charge is 2.27. The molecule has 2 N–H and O–H groups in total. The van der Waals surface area contributed by atoms with Crippen LogP contribution < -0.4 is 10.6 Å². The Hall–Kier alpha value is -1.14. The molecule has 1 fully saturated rings. The molecular weight excluding hydrogens is 310 g/mol. The fourth-order valence-corrected chi connectivity index (χ4v) is 2.75. The molecule has 0 saturated carbocycles. The van der Waals surface area contributed by atoms with E-state index in [2.05, 4.69) is 33.5 Å². The number of anilines is 1. The van der Waals surface area contributed by atoms with Crippen LogP contribution in [-0.4, -0.2) is 24.6 Å². The van der Waals surface area contributed by atoms with Gasteiger partial charge in [-0.05, 0) is 36.9 Å². The molecule has 0 spiro atoms. The van der Waals surface area contributed by atoms with Crippen molar-refractivity contribution in [2.75, 3.05) is 25.0 Å². The maximum atomic E-state index is 11.0. The van der Waals surface area contributed by atoms with Crippen LogP contribution in [-0.2, 0) is 0 Å². The molecule has 2 rings (SSSR count). The highest BCUT2D eigenvalue weighted by molar-refractivity contribution is 9.10. The monoisotopic (exact) mass is 327 g/mol. The van der Waals surface area contributed by atoms with Gasteiger partial charge in [0, 0.05) is 23.6 Å². The van der Waals surface area contributed by atoms with Crippen molar-refractivity contribution in [2.45, 2.75) is 19.8 Å². The van der Waals surface area contributed by atoms with Crippen molar-refractivity contribution in [3.8, 4) is 0 Å². The van der Waals surface area contributed by atoms with E-state index >= 15 is 0 Å². The molecule has 0 bridgehead atoms. The fraction of sp³-hybridized carbons (Fsp3) is 0.538. The summed E-state index contributed by atoms with van der Waals surface area (Å²) in [6.45, 7) is 4.95. The Morgan fingerprint density at radius 2 is 2.37 bits per heavy atom. The lowest BCUT2D eigenvalue weighted by molar-refractivity contribution is -0.384. The minimum atomic E-state index is -0.351. The molecular formula is C13H18BrN3O2. The molecule has 0 amide bonds.